The van der Waals surface area contributed by atoms with E-state index >= 15 is 0 Å². The maximum Gasteiger partial charge on any atom is 0.237 e. The van der Waals surface area contributed by atoms with Crippen LogP contribution in [-0.4, -0.2) is 41.8 Å². The van der Waals surface area contributed by atoms with Gasteiger partial charge >= 0.3 is 0 Å². The SMILES string of the molecule is CN1C(=O)[C@H](c2ccccc2)C2(CCN(Cc3ccccc3)CC2)C1=O. The summed E-state index contributed by atoms with van der Waals surface area (Å²) in [5.41, 5.74) is 1.67. The van der Waals surface area contributed by atoms with E-state index in [1.54, 1.807) is 7.05 Å². The van der Waals surface area contributed by atoms with Gasteiger partial charge in [0.2, 0.25) is 11.8 Å². The first kappa shape index (κ1) is 17.0. The molecule has 2 aromatic carbocycles. The van der Waals surface area contributed by atoms with Crippen LogP contribution >= 0.6 is 0 Å². The van der Waals surface area contributed by atoms with E-state index in [0.29, 0.717) is 0 Å². The number of carbonyl (C=O) groups is 2. The maximum absolute atomic E-state index is 13.0. The lowest BCUT2D eigenvalue weighted by Gasteiger charge is -2.40. The van der Waals surface area contributed by atoms with Crippen LogP contribution in [0.25, 0.3) is 0 Å². The number of imide groups is 1. The Labute approximate surface area is 154 Å². The van der Waals surface area contributed by atoms with E-state index in [1.165, 1.54) is 10.5 Å². The van der Waals surface area contributed by atoms with Gasteiger partial charge in [-0.15, -0.1) is 0 Å². The number of hydrogen-bond donors (Lipinski definition) is 0. The van der Waals surface area contributed by atoms with Crippen molar-refractivity contribution < 1.29 is 9.59 Å². The second-order valence-electron chi connectivity index (χ2n) is 7.46. The van der Waals surface area contributed by atoms with E-state index in [2.05, 4.69) is 29.2 Å². The molecule has 0 saturated carbocycles. The number of nitrogens with zero attached hydrogens (tertiary/aromatic N) is 2. The highest BCUT2D eigenvalue weighted by Gasteiger charge is 2.59. The number of benzene rings is 2. The molecule has 1 spiro atoms. The lowest BCUT2D eigenvalue weighted by molar-refractivity contribution is -0.141. The van der Waals surface area contributed by atoms with Gasteiger partial charge in [0.05, 0.1) is 11.3 Å². The number of piperidine rings is 1. The third kappa shape index (κ3) is 2.74. The lowest BCUT2D eigenvalue weighted by Crippen LogP contribution is -2.45. The van der Waals surface area contributed by atoms with Crippen LogP contribution < -0.4 is 0 Å². The molecule has 0 N–H and O–H groups in total. The number of amides is 2. The average molecular weight is 348 g/mol. The second kappa shape index (κ2) is 6.69. The standard InChI is InChI=1S/C22H24N2O2/c1-23-20(25)19(18-10-6-3-7-11-18)22(21(23)26)12-14-24(15-13-22)16-17-8-4-2-5-9-17/h2-11,19H,12-16H2,1H3/t19-/m0/s1. The Morgan fingerprint density at radius 1 is 0.923 bits per heavy atom. The number of hydrogen-bond acceptors (Lipinski definition) is 3. The first-order valence-electron chi connectivity index (χ1n) is 9.25. The lowest BCUT2D eigenvalue weighted by atomic mass is 9.67. The molecule has 2 aliphatic heterocycles. The minimum Gasteiger partial charge on any atom is -0.299 e. The molecule has 1 atom stereocenters. The highest BCUT2D eigenvalue weighted by atomic mass is 16.2. The largest absolute Gasteiger partial charge is 0.299 e. The molecule has 4 nitrogen and oxygen atoms in total. The Morgan fingerprint density at radius 2 is 1.50 bits per heavy atom. The molecule has 134 valence electrons. The molecule has 0 aliphatic carbocycles. The molecule has 26 heavy (non-hydrogen) atoms. The third-order valence-corrected chi connectivity index (χ3v) is 5.99. The van der Waals surface area contributed by atoms with E-state index < -0.39 is 5.41 Å². The number of likely N-dealkylation sites (N-methyl/N-ethyl adjacent to an activating group) is 1. The van der Waals surface area contributed by atoms with Crippen LogP contribution in [-0.2, 0) is 16.1 Å². The van der Waals surface area contributed by atoms with Crippen LogP contribution in [0.4, 0.5) is 0 Å². The van der Waals surface area contributed by atoms with E-state index in [4.69, 9.17) is 0 Å². The Bertz CT molecular complexity index is 795. The Hall–Kier alpha value is -2.46. The summed E-state index contributed by atoms with van der Waals surface area (Å²) in [4.78, 5) is 29.6. The molecule has 0 unspecified atom stereocenters. The van der Waals surface area contributed by atoms with Crippen molar-refractivity contribution in [2.45, 2.75) is 25.3 Å². The fraction of sp³-hybridized carbons (Fsp3) is 0.364. The minimum atomic E-state index is -0.583. The average Bonchev–Trinajstić information content (AvgIpc) is 2.86. The van der Waals surface area contributed by atoms with Gasteiger partial charge in [-0.1, -0.05) is 60.7 Å². The van der Waals surface area contributed by atoms with Crippen LogP contribution in [0.1, 0.15) is 29.9 Å². The monoisotopic (exact) mass is 348 g/mol. The van der Waals surface area contributed by atoms with Gasteiger partial charge in [0.15, 0.2) is 0 Å². The summed E-state index contributed by atoms with van der Waals surface area (Å²) in [5.74, 6) is -0.409. The van der Waals surface area contributed by atoms with Crippen LogP contribution in [0, 0.1) is 5.41 Å². The molecule has 0 aromatic heterocycles. The van der Waals surface area contributed by atoms with Gasteiger partial charge in [-0.3, -0.25) is 19.4 Å². The van der Waals surface area contributed by atoms with Crippen molar-refractivity contribution in [3.63, 3.8) is 0 Å². The Kier molecular flexibility index (Phi) is 4.37. The Balaban J connectivity index is 1.57. The zero-order chi connectivity index (χ0) is 18.1. The van der Waals surface area contributed by atoms with E-state index in [1.807, 2.05) is 36.4 Å². The number of carbonyl (C=O) groups excluding carboxylic acids is 2. The van der Waals surface area contributed by atoms with Crippen LogP contribution in [0.3, 0.4) is 0 Å². The fourth-order valence-corrected chi connectivity index (χ4v) is 4.55. The van der Waals surface area contributed by atoms with E-state index in [-0.39, 0.29) is 17.7 Å². The van der Waals surface area contributed by atoms with Crippen LogP contribution in [0.15, 0.2) is 60.7 Å². The molecule has 2 amide bonds. The molecule has 2 aliphatic rings. The van der Waals surface area contributed by atoms with Crippen LogP contribution in [0.5, 0.6) is 0 Å². The summed E-state index contributed by atoms with van der Waals surface area (Å²) in [6.45, 7) is 2.57. The van der Waals surface area contributed by atoms with Crippen molar-refractivity contribution in [2.75, 3.05) is 20.1 Å². The van der Waals surface area contributed by atoms with Crippen LogP contribution in [0.2, 0.25) is 0 Å². The number of likely N-dealkylation sites (tertiary alicyclic amines) is 2. The molecule has 2 aromatic rings. The highest BCUT2D eigenvalue weighted by Crippen LogP contribution is 2.51. The van der Waals surface area contributed by atoms with E-state index in [0.717, 1.165) is 38.0 Å². The Morgan fingerprint density at radius 3 is 2.12 bits per heavy atom. The van der Waals surface area contributed by atoms with Gasteiger partial charge in [-0.05, 0) is 37.1 Å². The third-order valence-electron chi connectivity index (χ3n) is 5.99. The van der Waals surface area contributed by atoms with Gasteiger partial charge in [0.1, 0.15) is 0 Å². The predicted molar refractivity (Wildman–Crippen MR) is 100 cm³/mol. The van der Waals surface area contributed by atoms with Crippen molar-refractivity contribution in [3.05, 3.63) is 71.8 Å². The first-order chi connectivity index (χ1) is 12.6. The summed E-state index contributed by atoms with van der Waals surface area (Å²) in [5, 5.41) is 0. The number of rotatable bonds is 3. The van der Waals surface area contributed by atoms with Gasteiger partial charge in [-0.2, -0.15) is 0 Å². The molecular weight excluding hydrogens is 324 g/mol. The summed E-state index contributed by atoms with van der Waals surface area (Å²) in [6, 6.07) is 20.2. The highest BCUT2D eigenvalue weighted by molar-refractivity contribution is 6.09. The minimum absolute atomic E-state index is 0.00397. The van der Waals surface area contributed by atoms with Gasteiger partial charge in [-0.25, -0.2) is 0 Å². The summed E-state index contributed by atoms with van der Waals surface area (Å²) in [6.07, 6.45) is 1.46. The zero-order valence-electron chi connectivity index (χ0n) is 15.1. The molecule has 4 rings (SSSR count). The first-order valence-corrected chi connectivity index (χ1v) is 9.25. The molecule has 4 heteroatoms. The smallest absolute Gasteiger partial charge is 0.237 e. The molecule has 2 fully saturated rings. The van der Waals surface area contributed by atoms with Gasteiger partial charge in [0, 0.05) is 13.6 Å². The van der Waals surface area contributed by atoms with Gasteiger partial charge < -0.3 is 0 Å². The fourth-order valence-electron chi connectivity index (χ4n) is 4.55. The molecule has 0 bridgehead atoms. The van der Waals surface area contributed by atoms with Crippen molar-refractivity contribution in [1.29, 1.82) is 0 Å². The summed E-state index contributed by atoms with van der Waals surface area (Å²) < 4.78 is 0. The molecule has 2 saturated heterocycles. The van der Waals surface area contributed by atoms with E-state index in [9.17, 15) is 9.59 Å². The topological polar surface area (TPSA) is 40.6 Å². The van der Waals surface area contributed by atoms with Crippen molar-refractivity contribution in [3.8, 4) is 0 Å². The molecular formula is C22H24N2O2. The van der Waals surface area contributed by atoms with Crippen molar-refractivity contribution in [2.24, 2.45) is 5.41 Å². The summed E-state index contributed by atoms with van der Waals surface area (Å²) in [7, 11) is 1.63. The van der Waals surface area contributed by atoms with Crippen molar-refractivity contribution >= 4 is 11.8 Å². The zero-order valence-corrected chi connectivity index (χ0v) is 15.1. The van der Waals surface area contributed by atoms with Gasteiger partial charge in [0.25, 0.3) is 0 Å². The predicted octanol–water partition coefficient (Wildman–Crippen LogP) is 3.05. The second-order valence-corrected chi connectivity index (χ2v) is 7.46. The van der Waals surface area contributed by atoms with Crippen molar-refractivity contribution in [1.82, 2.24) is 9.80 Å². The maximum atomic E-state index is 13.0. The quantitative estimate of drug-likeness (QED) is 0.801. The normalized spacial score (nSPS) is 23.0. The summed E-state index contributed by atoms with van der Waals surface area (Å²) >= 11 is 0. The molecule has 2 heterocycles. The molecule has 0 radical (unpaired) electrons.